The van der Waals surface area contributed by atoms with Crippen LogP contribution in [0.25, 0.3) is 45.0 Å². The fraction of sp³-hybridized carbons (Fsp3) is 0.458. The van der Waals surface area contributed by atoms with E-state index in [0.717, 1.165) is 67.5 Å². The molecule has 0 spiro atoms. The van der Waals surface area contributed by atoms with E-state index in [1.807, 2.05) is 56.7 Å². The number of hydrogen-bond acceptors (Lipinski definition) is 10. The summed E-state index contributed by atoms with van der Waals surface area (Å²) in [7, 11) is 6.96. The highest BCUT2D eigenvalue weighted by atomic mass is 19.1. The van der Waals surface area contributed by atoms with Crippen molar-refractivity contribution < 1.29 is 23.5 Å². The minimum absolute atomic E-state index is 0.0181. The molecule has 5 aliphatic rings. The average Bonchev–Trinajstić information content (AvgIpc) is 3.57. The number of aromatic nitrogens is 6. The van der Waals surface area contributed by atoms with Crippen molar-refractivity contribution >= 4 is 33.9 Å². The first-order chi connectivity index (χ1) is 30.9. The Hall–Kier alpha value is -6.13. The number of carbonyl (C=O) groups excluding carboxylic acids is 2. The lowest BCUT2D eigenvalue weighted by atomic mass is 10.1. The van der Waals surface area contributed by atoms with Gasteiger partial charge in [0.25, 0.3) is 17.4 Å². The number of piperidine rings is 2. The zero-order chi connectivity index (χ0) is 44.7. The van der Waals surface area contributed by atoms with Crippen molar-refractivity contribution in [1.82, 2.24) is 38.5 Å². The lowest BCUT2D eigenvalue weighted by molar-refractivity contribution is 0.0693. The number of halogens is 1. The molecule has 3 saturated carbocycles. The van der Waals surface area contributed by atoms with Crippen LogP contribution in [0, 0.1) is 23.6 Å². The van der Waals surface area contributed by atoms with E-state index in [4.69, 9.17) is 30.9 Å². The molecular weight excluding hydrogens is 816 g/mol. The van der Waals surface area contributed by atoms with Crippen LogP contribution in [0.3, 0.4) is 0 Å². The van der Waals surface area contributed by atoms with Crippen molar-refractivity contribution in [2.75, 3.05) is 27.3 Å². The molecule has 0 unspecified atom stereocenters. The van der Waals surface area contributed by atoms with E-state index >= 15 is 0 Å². The molecule has 2 amide bonds. The normalized spacial score (nSPS) is 23.3. The predicted molar refractivity (Wildman–Crippen MR) is 241 cm³/mol. The summed E-state index contributed by atoms with van der Waals surface area (Å²) in [6.07, 6.45) is 8.29. The second-order valence-corrected chi connectivity index (χ2v) is 18.3. The maximum Gasteiger partial charge on any atom is 0.254 e. The molecule has 2 aliphatic heterocycles. The molecule has 2 aromatic carbocycles. The van der Waals surface area contributed by atoms with E-state index in [1.54, 1.807) is 44.6 Å². The van der Waals surface area contributed by atoms with Crippen molar-refractivity contribution in [3.05, 3.63) is 87.7 Å². The fourth-order valence-electron chi connectivity index (χ4n) is 11.0. The van der Waals surface area contributed by atoms with Crippen LogP contribution in [-0.4, -0.2) is 102 Å². The molecule has 4 N–H and O–H groups in total. The fourth-order valence-corrected chi connectivity index (χ4v) is 11.0. The molecule has 4 bridgehead atoms. The standard InChI is InChI=1S/C25H29N5O3.C23H26FN5O2/c1-28-23-17(27-24(28)19-4-3-5-21(31)29(19)12-14-6-7-14)10-16(11-20(23)33-2)25(32)30-13-15-8-9-18(30)22(15)26;1-4-16-15(9-14(24)10-26-16)22-27-17-7-13(8-19(31-3)21(17)28(22)2)23(30)29-11-12-5-6-18(29)20(12)25/h3-5,10-11,14-15,18,22H,6-9,12-13,26H2,1-2H3;7-10,12,18,20H,4-6,11,25H2,1-3H3/t15-,18-,22-;12-,18-,20-/m11/s1. The molecule has 6 aromatic rings. The van der Waals surface area contributed by atoms with Gasteiger partial charge in [0.2, 0.25) is 0 Å². The maximum atomic E-state index is 14.0. The highest BCUT2D eigenvalue weighted by Crippen LogP contribution is 2.41. The number of likely N-dealkylation sites (tertiary alicyclic amines) is 2. The van der Waals surface area contributed by atoms with Crippen molar-refractivity contribution in [2.45, 2.75) is 82.6 Å². The van der Waals surface area contributed by atoms with E-state index in [2.05, 4.69) is 4.98 Å². The number of carbonyl (C=O) groups is 2. The van der Waals surface area contributed by atoms with Gasteiger partial charge in [-0.3, -0.25) is 19.4 Å². The number of fused-ring (bicyclic) bond motifs is 6. The summed E-state index contributed by atoms with van der Waals surface area (Å²) in [5.74, 6) is 3.28. The summed E-state index contributed by atoms with van der Waals surface area (Å²) >= 11 is 0. The molecule has 15 nitrogen and oxygen atoms in total. The molecule has 334 valence electrons. The van der Waals surface area contributed by atoms with Gasteiger partial charge in [0.1, 0.15) is 34.2 Å². The third-order valence-corrected chi connectivity index (χ3v) is 14.6. The number of imidazole rings is 2. The molecular formula is C48H55FN10O5. The van der Waals surface area contributed by atoms with Gasteiger partial charge in [-0.2, -0.15) is 0 Å². The summed E-state index contributed by atoms with van der Waals surface area (Å²) in [4.78, 5) is 57.1. The molecule has 16 heteroatoms. The van der Waals surface area contributed by atoms with Crippen LogP contribution in [0.1, 0.15) is 71.9 Å². The van der Waals surface area contributed by atoms with E-state index in [0.29, 0.717) is 88.1 Å². The van der Waals surface area contributed by atoms with Crippen LogP contribution in [0.4, 0.5) is 4.39 Å². The van der Waals surface area contributed by atoms with E-state index < -0.39 is 5.82 Å². The minimum atomic E-state index is -0.414. The van der Waals surface area contributed by atoms with Crippen LogP contribution in [0.2, 0.25) is 0 Å². The molecule has 6 atom stereocenters. The summed E-state index contributed by atoms with van der Waals surface area (Å²) in [5, 5.41) is 0. The van der Waals surface area contributed by atoms with Crippen molar-refractivity contribution in [3.8, 4) is 34.4 Å². The summed E-state index contributed by atoms with van der Waals surface area (Å²) in [6.45, 7) is 4.10. The lowest BCUT2D eigenvalue weighted by Crippen LogP contribution is -2.41. The third-order valence-electron chi connectivity index (χ3n) is 14.6. The Morgan fingerprint density at radius 3 is 1.80 bits per heavy atom. The van der Waals surface area contributed by atoms with Crippen LogP contribution in [0.15, 0.2) is 59.5 Å². The summed E-state index contributed by atoms with van der Waals surface area (Å²) in [5.41, 5.74) is 18.7. The zero-order valence-corrected chi connectivity index (χ0v) is 37.0. The number of benzene rings is 2. The number of methoxy groups -OCH3 is 2. The molecule has 11 rings (SSSR count). The molecule has 0 radical (unpaired) electrons. The second-order valence-electron chi connectivity index (χ2n) is 18.3. The van der Waals surface area contributed by atoms with Crippen molar-refractivity contribution in [1.29, 1.82) is 0 Å². The highest BCUT2D eigenvalue weighted by molar-refractivity contribution is 6.01. The van der Waals surface area contributed by atoms with Gasteiger partial charge in [0.05, 0.1) is 42.8 Å². The second kappa shape index (κ2) is 16.1. The minimum Gasteiger partial charge on any atom is -0.494 e. The largest absolute Gasteiger partial charge is 0.494 e. The number of nitrogens with zero attached hydrogens (tertiary/aromatic N) is 8. The molecule has 4 aromatic heterocycles. The van der Waals surface area contributed by atoms with Gasteiger partial charge in [-0.05, 0) is 99.1 Å². The van der Waals surface area contributed by atoms with Gasteiger partial charge in [0, 0.05) is 80.7 Å². The summed E-state index contributed by atoms with van der Waals surface area (Å²) in [6, 6.07) is 14.3. The van der Waals surface area contributed by atoms with Crippen LogP contribution < -0.4 is 26.5 Å². The monoisotopic (exact) mass is 870 g/mol. The van der Waals surface area contributed by atoms with Crippen molar-refractivity contribution in [2.24, 2.45) is 43.3 Å². The first-order valence-electron chi connectivity index (χ1n) is 22.5. The van der Waals surface area contributed by atoms with Gasteiger partial charge < -0.3 is 44.4 Å². The molecule has 2 saturated heterocycles. The number of rotatable bonds is 9. The first kappa shape index (κ1) is 41.9. The number of ether oxygens (including phenoxy) is 2. The van der Waals surface area contributed by atoms with Gasteiger partial charge >= 0.3 is 0 Å². The Kier molecular flexibility index (Phi) is 10.6. The Labute approximate surface area is 370 Å². The topological polar surface area (TPSA) is 182 Å². The number of hydrogen-bond donors (Lipinski definition) is 2. The van der Waals surface area contributed by atoms with Gasteiger partial charge in [-0.1, -0.05) is 13.0 Å². The Balaban J connectivity index is 0.000000152. The quantitative estimate of drug-likeness (QED) is 0.194. The molecule has 64 heavy (non-hydrogen) atoms. The van der Waals surface area contributed by atoms with E-state index in [1.165, 1.54) is 12.3 Å². The van der Waals surface area contributed by atoms with Crippen molar-refractivity contribution in [3.63, 3.8) is 0 Å². The third kappa shape index (κ3) is 6.92. The predicted octanol–water partition coefficient (Wildman–Crippen LogP) is 5.29. The number of amides is 2. The van der Waals surface area contributed by atoms with Gasteiger partial charge in [-0.15, -0.1) is 0 Å². The first-order valence-corrected chi connectivity index (χ1v) is 22.5. The number of nitrogens with two attached hydrogens (primary N) is 2. The summed E-state index contributed by atoms with van der Waals surface area (Å²) < 4.78 is 30.9. The van der Waals surface area contributed by atoms with Crippen LogP contribution in [-0.2, 0) is 27.1 Å². The number of pyridine rings is 2. The average molecular weight is 871 g/mol. The lowest BCUT2D eigenvalue weighted by Gasteiger charge is -2.27. The van der Waals surface area contributed by atoms with Crippen LogP contribution >= 0.6 is 0 Å². The van der Waals surface area contributed by atoms with Gasteiger partial charge in [0.15, 0.2) is 5.82 Å². The van der Waals surface area contributed by atoms with Crippen LogP contribution in [0.5, 0.6) is 11.5 Å². The number of aryl methyl sites for hydroxylation is 3. The SMILES string of the molecule is CCc1ncc(F)cc1-c1nc2cc(C(=O)N3C[C@H]4CC[C@@H]3[C@@H]4N)cc(OC)c2n1C.COc1cc(C(=O)N2C[C@H]3CC[C@@H]2[C@@H]3N)cc2nc(-c3cccc(=O)n3CC3CC3)n(C)c12. The van der Waals surface area contributed by atoms with E-state index in [-0.39, 0.29) is 41.5 Å². The van der Waals surface area contributed by atoms with Gasteiger partial charge in [-0.25, -0.2) is 14.4 Å². The molecule has 5 fully saturated rings. The Morgan fingerprint density at radius 2 is 1.31 bits per heavy atom. The maximum absolute atomic E-state index is 14.0. The Bertz CT molecular complexity index is 2900. The zero-order valence-electron chi connectivity index (χ0n) is 37.0. The van der Waals surface area contributed by atoms with E-state index in [9.17, 15) is 18.8 Å². The molecule has 3 aliphatic carbocycles. The molecule has 6 heterocycles. The Morgan fingerprint density at radius 1 is 0.766 bits per heavy atom. The smallest absolute Gasteiger partial charge is 0.254 e. The highest BCUT2D eigenvalue weighted by Gasteiger charge is 2.48.